The summed E-state index contributed by atoms with van der Waals surface area (Å²) in [6.07, 6.45) is 14.5. The van der Waals surface area contributed by atoms with E-state index in [2.05, 4.69) is 17.1 Å². The van der Waals surface area contributed by atoms with Crippen LogP contribution in [0.2, 0.25) is 0 Å². The fourth-order valence-electron chi connectivity index (χ4n) is 5.03. The van der Waals surface area contributed by atoms with Crippen molar-refractivity contribution < 1.29 is 0 Å². The maximum absolute atomic E-state index is 3.93. The highest BCUT2D eigenvalue weighted by Gasteiger charge is 2.35. The van der Waals surface area contributed by atoms with E-state index in [0.717, 1.165) is 11.8 Å². The minimum Gasteiger partial charge on any atom is -0.310 e. The first-order chi connectivity index (χ1) is 9.76. The van der Waals surface area contributed by atoms with Gasteiger partial charge < -0.3 is 10.2 Å². The summed E-state index contributed by atoms with van der Waals surface area (Å²) >= 11 is 0. The van der Waals surface area contributed by atoms with Crippen LogP contribution in [0.25, 0.3) is 0 Å². The maximum atomic E-state index is 3.93. The van der Waals surface area contributed by atoms with E-state index < -0.39 is 0 Å². The Labute approximate surface area is 125 Å². The zero-order chi connectivity index (χ0) is 13.8. The minimum atomic E-state index is 0.481. The third-order valence-corrected chi connectivity index (χ3v) is 6.05. The fraction of sp³-hybridized carbons (Fsp3) is 1.00. The van der Waals surface area contributed by atoms with Gasteiger partial charge in [0.25, 0.3) is 0 Å². The third kappa shape index (κ3) is 3.76. The first-order valence-corrected chi connectivity index (χ1v) is 9.23. The van der Waals surface area contributed by atoms with Gasteiger partial charge in [0, 0.05) is 18.6 Å². The van der Waals surface area contributed by atoms with E-state index in [1.54, 1.807) is 0 Å². The third-order valence-electron chi connectivity index (χ3n) is 6.05. The molecule has 1 heterocycles. The number of hydrogen-bond donors (Lipinski definition) is 1. The van der Waals surface area contributed by atoms with E-state index in [0.29, 0.717) is 5.54 Å². The molecule has 0 amide bonds. The Kier molecular flexibility index (Phi) is 5.04. The smallest absolute Gasteiger partial charge is 0.0308 e. The summed E-state index contributed by atoms with van der Waals surface area (Å²) in [7, 11) is 0. The van der Waals surface area contributed by atoms with Crippen molar-refractivity contribution in [2.24, 2.45) is 11.8 Å². The molecule has 116 valence electrons. The predicted octanol–water partition coefficient (Wildman–Crippen LogP) is 3.81. The molecule has 1 N–H and O–H groups in total. The van der Waals surface area contributed by atoms with Crippen molar-refractivity contribution in [3.05, 3.63) is 0 Å². The Bertz CT molecular complexity index is 296. The largest absolute Gasteiger partial charge is 0.310 e. The molecule has 3 fully saturated rings. The van der Waals surface area contributed by atoms with Crippen LogP contribution in [-0.2, 0) is 0 Å². The van der Waals surface area contributed by atoms with Gasteiger partial charge in [0.15, 0.2) is 0 Å². The lowest BCUT2D eigenvalue weighted by Crippen LogP contribution is -2.53. The van der Waals surface area contributed by atoms with E-state index in [1.807, 2.05) is 0 Å². The van der Waals surface area contributed by atoms with E-state index in [9.17, 15) is 0 Å². The highest BCUT2D eigenvalue weighted by atomic mass is 15.2. The molecule has 0 radical (unpaired) electrons. The Morgan fingerprint density at radius 3 is 2.70 bits per heavy atom. The molecule has 1 saturated heterocycles. The number of nitrogens with zero attached hydrogens (tertiary/aromatic N) is 1. The van der Waals surface area contributed by atoms with Gasteiger partial charge in [-0.05, 0) is 57.0 Å². The van der Waals surface area contributed by atoms with Crippen molar-refractivity contribution in [1.82, 2.24) is 10.2 Å². The van der Waals surface area contributed by atoms with Crippen LogP contribution in [0.3, 0.4) is 0 Å². The van der Waals surface area contributed by atoms with Crippen LogP contribution in [0, 0.1) is 11.8 Å². The lowest BCUT2D eigenvalue weighted by molar-refractivity contribution is 0.131. The zero-order valence-corrected chi connectivity index (χ0v) is 13.5. The summed E-state index contributed by atoms with van der Waals surface area (Å²) in [5.41, 5.74) is 0.481. The molecule has 2 unspecified atom stereocenters. The normalized spacial score (nSPS) is 35.9. The van der Waals surface area contributed by atoms with Crippen molar-refractivity contribution >= 4 is 0 Å². The van der Waals surface area contributed by atoms with Crippen molar-refractivity contribution in [2.45, 2.75) is 76.7 Å². The van der Waals surface area contributed by atoms with Crippen LogP contribution in [-0.4, -0.2) is 36.6 Å². The van der Waals surface area contributed by atoms with Gasteiger partial charge in [0.1, 0.15) is 0 Å². The summed E-state index contributed by atoms with van der Waals surface area (Å²) < 4.78 is 0. The monoisotopic (exact) mass is 278 g/mol. The molecular formula is C18H34N2. The van der Waals surface area contributed by atoms with E-state index >= 15 is 0 Å². The van der Waals surface area contributed by atoms with Crippen LogP contribution in [0.4, 0.5) is 0 Å². The summed E-state index contributed by atoms with van der Waals surface area (Å²) in [6.45, 7) is 7.75. The quantitative estimate of drug-likeness (QED) is 0.826. The SMILES string of the molecule is CC1CCCC(CN2CCCNC3(CCCCC3)C2)C1. The molecule has 3 rings (SSSR count). The minimum absolute atomic E-state index is 0.481. The van der Waals surface area contributed by atoms with Crippen molar-refractivity contribution in [2.75, 3.05) is 26.2 Å². The van der Waals surface area contributed by atoms with Gasteiger partial charge in [-0.25, -0.2) is 0 Å². The van der Waals surface area contributed by atoms with Crippen LogP contribution < -0.4 is 5.32 Å². The molecule has 0 aromatic heterocycles. The van der Waals surface area contributed by atoms with Crippen molar-refractivity contribution in [3.8, 4) is 0 Å². The predicted molar refractivity (Wildman–Crippen MR) is 86.0 cm³/mol. The van der Waals surface area contributed by atoms with Gasteiger partial charge in [-0.1, -0.05) is 39.0 Å². The van der Waals surface area contributed by atoms with E-state index in [1.165, 1.54) is 90.4 Å². The lowest BCUT2D eigenvalue weighted by atomic mass is 9.80. The first-order valence-electron chi connectivity index (χ1n) is 9.23. The number of nitrogens with one attached hydrogen (secondary N) is 1. The number of hydrogen-bond acceptors (Lipinski definition) is 2. The zero-order valence-electron chi connectivity index (χ0n) is 13.5. The van der Waals surface area contributed by atoms with Gasteiger partial charge in [-0.2, -0.15) is 0 Å². The van der Waals surface area contributed by atoms with Gasteiger partial charge in [0.2, 0.25) is 0 Å². The standard InChI is InChI=1S/C18H34N2/c1-16-7-5-8-17(13-16)14-20-12-6-11-19-18(15-20)9-3-2-4-10-18/h16-17,19H,2-15H2,1H3. The van der Waals surface area contributed by atoms with Crippen LogP contribution in [0.1, 0.15) is 71.1 Å². The average molecular weight is 278 g/mol. The highest BCUT2D eigenvalue weighted by molar-refractivity contribution is 4.95. The molecule has 1 spiro atoms. The van der Waals surface area contributed by atoms with Crippen LogP contribution in [0.15, 0.2) is 0 Å². The summed E-state index contributed by atoms with van der Waals surface area (Å²) in [6, 6.07) is 0. The van der Waals surface area contributed by atoms with Crippen LogP contribution in [0.5, 0.6) is 0 Å². The molecule has 2 saturated carbocycles. The van der Waals surface area contributed by atoms with Gasteiger partial charge in [0.05, 0.1) is 0 Å². The molecule has 2 aliphatic carbocycles. The Balaban J connectivity index is 1.57. The Morgan fingerprint density at radius 2 is 1.90 bits per heavy atom. The molecular weight excluding hydrogens is 244 g/mol. The second kappa shape index (κ2) is 6.79. The molecule has 2 nitrogen and oxygen atoms in total. The fourth-order valence-corrected chi connectivity index (χ4v) is 5.03. The molecule has 2 heteroatoms. The van der Waals surface area contributed by atoms with Gasteiger partial charge >= 0.3 is 0 Å². The topological polar surface area (TPSA) is 15.3 Å². The number of rotatable bonds is 2. The molecule has 0 aromatic carbocycles. The van der Waals surface area contributed by atoms with Gasteiger partial charge in [-0.15, -0.1) is 0 Å². The summed E-state index contributed by atoms with van der Waals surface area (Å²) in [4.78, 5) is 2.83. The molecule has 20 heavy (non-hydrogen) atoms. The first kappa shape index (κ1) is 14.8. The molecule has 3 aliphatic rings. The average Bonchev–Trinajstić information content (AvgIpc) is 2.62. The van der Waals surface area contributed by atoms with Crippen LogP contribution >= 0.6 is 0 Å². The Hall–Kier alpha value is -0.0800. The van der Waals surface area contributed by atoms with Gasteiger partial charge in [-0.3, -0.25) is 0 Å². The van der Waals surface area contributed by atoms with Crippen molar-refractivity contribution in [1.29, 1.82) is 0 Å². The molecule has 0 aromatic rings. The Morgan fingerprint density at radius 1 is 1.05 bits per heavy atom. The molecule has 1 aliphatic heterocycles. The second-order valence-corrected chi connectivity index (χ2v) is 7.99. The lowest BCUT2D eigenvalue weighted by Gasteiger charge is -2.41. The maximum Gasteiger partial charge on any atom is 0.0308 e. The van der Waals surface area contributed by atoms with Crippen molar-refractivity contribution in [3.63, 3.8) is 0 Å². The summed E-state index contributed by atoms with van der Waals surface area (Å²) in [5, 5.41) is 3.93. The molecule has 2 atom stereocenters. The summed E-state index contributed by atoms with van der Waals surface area (Å²) in [5.74, 6) is 1.96. The molecule has 0 bridgehead atoms. The van der Waals surface area contributed by atoms with E-state index in [4.69, 9.17) is 0 Å². The second-order valence-electron chi connectivity index (χ2n) is 7.99. The highest BCUT2D eigenvalue weighted by Crippen LogP contribution is 2.33. The van der Waals surface area contributed by atoms with E-state index in [-0.39, 0.29) is 0 Å².